The predicted molar refractivity (Wildman–Crippen MR) is 60.6 cm³/mol. The summed E-state index contributed by atoms with van der Waals surface area (Å²) in [6.45, 7) is 0.980. The number of aliphatic hydroxyl groups is 1. The van der Waals surface area contributed by atoms with E-state index in [1.165, 1.54) is 11.3 Å². The molecule has 1 atom stereocenters. The van der Waals surface area contributed by atoms with Crippen LogP contribution in [0, 0.1) is 0 Å². The van der Waals surface area contributed by atoms with Crippen molar-refractivity contribution in [2.45, 2.75) is 18.9 Å². The van der Waals surface area contributed by atoms with Crippen LogP contribution in [0.1, 0.15) is 23.7 Å². The number of benzene rings is 1. The van der Waals surface area contributed by atoms with Crippen molar-refractivity contribution in [3.8, 4) is 0 Å². The zero-order valence-electron chi connectivity index (χ0n) is 9.18. The number of likely N-dealkylation sites (N-methyl/N-ethyl adjacent to an activating group) is 1. The van der Waals surface area contributed by atoms with Gasteiger partial charge >= 0.3 is 5.97 Å². The fourth-order valence-electron chi connectivity index (χ4n) is 2.08. The van der Waals surface area contributed by atoms with E-state index in [0.29, 0.717) is 5.56 Å². The molecular formula is C12H15NO3. The lowest BCUT2D eigenvalue weighted by Crippen LogP contribution is -2.12. The first-order valence-corrected chi connectivity index (χ1v) is 5.32. The van der Waals surface area contributed by atoms with Crippen LogP contribution in [0.15, 0.2) is 18.2 Å². The van der Waals surface area contributed by atoms with Crippen molar-refractivity contribution < 1.29 is 15.0 Å². The zero-order chi connectivity index (χ0) is 11.7. The first-order valence-electron chi connectivity index (χ1n) is 5.32. The Kier molecular flexibility index (Phi) is 2.83. The summed E-state index contributed by atoms with van der Waals surface area (Å²) in [5, 5.41) is 18.3. The molecule has 16 heavy (non-hydrogen) atoms. The number of carboxylic acid groups (broad SMARTS) is 1. The molecule has 1 heterocycles. The lowest BCUT2D eigenvalue weighted by atomic mass is 10.0. The van der Waals surface area contributed by atoms with E-state index < -0.39 is 12.1 Å². The summed E-state index contributed by atoms with van der Waals surface area (Å²) in [6, 6.07) is 5.66. The number of nitrogens with zero attached hydrogens (tertiary/aromatic N) is 1. The molecule has 0 spiro atoms. The van der Waals surface area contributed by atoms with E-state index in [-0.39, 0.29) is 6.42 Å². The monoisotopic (exact) mass is 221 g/mol. The quantitative estimate of drug-likeness (QED) is 0.804. The second kappa shape index (κ2) is 4.14. The van der Waals surface area contributed by atoms with Crippen molar-refractivity contribution in [2.24, 2.45) is 0 Å². The van der Waals surface area contributed by atoms with Gasteiger partial charge in [-0.2, -0.15) is 0 Å². The molecule has 0 bridgehead atoms. The maximum atomic E-state index is 10.5. The van der Waals surface area contributed by atoms with Gasteiger partial charge in [-0.1, -0.05) is 12.1 Å². The fraction of sp³-hybridized carbons (Fsp3) is 0.417. The van der Waals surface area contributed by atoms with Gasteiger partial charge in [0.1, 0.15) is 0 Å². The summed E-state index contributed by atoms with van der Waals surface area (Å²) in [5.74, 6) is -0.981. The minimum Gasteiger partial charge on any atom is -0.481 e. The highest BCUT2D eigenvalue weighted by molar-refractivity contribution is 5.68. The molecular weight excluding hydrogens is 206 g/mol. The van der Waals surface area contributed by atoms with Gasteiger partial charge in [0.15, 0.2) is 0 Å². The Hall–Kier alpha value is -1.55. The standard InChI is InChI=1S/C12H15NO3/c1-13-5-4-8-6-9(2-3-10(8)13)11(14)7-12(15)16/h2-3,6,11,14H,4-5,7H2,1H3,(H,15,16)/t11-/m0/s1. The van der Waals surface area contributed by atoms with Crippen LogP contribution in [-0.4, -0.2) is 29.8 Å². The largest absolute Gasteiger partial charge is 0.481 e. The molecule has 0 fully saturated rings. The molecule has 0 aliphatic carbocycles. The first kappa shape index (κ1) is 11.0. The van der Waals surface area contributed by atoms with Crippen molar-refractivity contribution in [3.63, 3.8) is 0 Å². The summed E-state index contributed by atoms with van der Waals surface area (Å²) in [7, 11) is 2.03. The Labute approximate surface area is 94.1 Å². The maximum Gasteiger partial charge on any atom is 0.306 e. The van der Waals surface area contributed by atoms with Gasteiger partial charge in [0.05, 0.1) is 12.5 Å². The van der Waals surface area contributed by atoms with Gasteiger partial charge in [-0.15, -0.1) is 0 Å². The molecule has 0 saturated carbocycles. The second-order valence-corrected chi connectivity index (χ2v) is 4.17. The van der Waals surface area contributed by atoms with E-state index in [4.69, 9.17) is 5.11 Å². The average molecular weight is 221 g/mol. The summed E-state index contributed by atoms with van der Waals surface area (Å²) in [4.78, 5) is 12.7. The Morgan fingerprint density at radius 1 is 1.56 bits per heavy atom. The minimum atomic E-state index is -0.981. The molecule has 0 radical (unpaired) electrons. The lowest BCUT2D eigenvalue weighted by Gasteiger charge is -2.13. The Bertz CT molecular complexity index is 417. The number of aliphatic carboxylic acids is 1. The van der Waals surface area contributed by atoms with Gasteiger partial charge in [0.2, 0.25) is 0 Å². The molecule has 0 unspecified atom stereocenters. The number of hydrogen-bond acceptors (Lipinski definition) is 3. The number of hydrogen-bond donors (Lipinski definition) is 2. The van der Waals surface area contributed by atoms with E-state index in [1.54, 1.807) is 6.07 Å². The van der Waals surface area contributed by atoms with Gasteiger partial charge in [0.25, 0.3) is 0 Å². The Morgan fingerprint density at radius 3 is 3.00 bits per heavy atom. The molecule has 1 aromatic rings. The first-order chi connectivity index (χ1) is 7.58. The molecule has 4 nitrogen and oxygen atoms in total. The SMILES string of the molecule is CN1CCc2cc([C@@H](O)CC(=O)O)ccc21. The number of carbonyl (C=O) groups is 1. The smallest absolute Gasteiger partial charge is 0.306 e. The topological polar surface area (TPSA) is 60.8 Å². The van der Waals surface area contributed by atoms with Gasteiger partial charge in [-0.25, -0.2) is 0 Å². The van der Waals surface area contributed by atoms with E-state index in [0.717, 1.165) is 13.0 Å². The van der Waals surface area contributed by atoms with Crippen LogP contribution < -0.4 is 4.90 Å². The molecule has 1 aromatic carbocycles. The van der Waals surface area contributed by atoms with Crippen molar-refractivity contribution >= 4 is 11.7 Å². The molecule has 1 aliphatic heterocycles. The molecule has 2 rings (SSSR count). The predicted octanol–water partition coefficient (Wildman–Crippen LogP) is 1.19. The van der Waals surface area contributed by atoms with E-state index in [9.17, 15) is 9.90 Å². The number of aliphatic hydroxyl groups excluding tert-OH is 1. The van der Waals surface area contributed by atoms with Gasteiger partial charge in [-0.05, 0) is 23.6 Å². The number of anilines is 1. The molecule has 0 amide bonds. The van der Waals surface area contributed by atoms with Crippen LogP contribution in [0.5, 0.6) is 0 Å². The highest BCUT2D eigenvalue weighted by atomic mass is 16.4. The number of carboxylic acids is 1. The number of fused-ring (bicyclic) bond motifs is 1. The summed E-state index contributed by atoms with van der Waals surface area (Å²) < 4.78 is 0. The maximum absolute atomic E-state index is 10.5. The van der Waals surface area contributed by atoms with E-state index in [1.807, 2.05) is 19.2 Å². The van der Waals surface area contributed by atoms with E-state index >= 15 is 0 Å². The van der Waals surface area contributed by atoms with Crippen LogP contribution in [0.3, 0.4) is 0 Å². The molecule has 1 aliphatic rings. The van der Waals surface area contributed by atoms with Crippen LogP contribution in [-0.2, 0) is 11.2 Å². The minimum absolute atomic E-state index is 0.241. The summed E-state index contributed by atoms with van der Waals surface area (Å²) >= 11 is 0. The van der Waals surface area contributed by atoms with Crippen molar-refractivity contribution in [1.29, 1.82) is 0 Å². The van der Waals surface area contributed by atoms with Crippen LogP contribution in [0.2, 0.25) is 0 Å². The molecule has 2 N–H and O–H groups in total. The highest BCUT2D eigenvalue weighted by Gasteiger charge is 2.18. The zero-order valence-corrected chi connectivity index (χ0v) is 9.18. The van der Waals surface area contributed by atoms with Gasteiger partial charge < -0.3 is 15.1 Å². The lowest BCUT2D eigenvalue weighted by molar-refractivity contribution is -0.139. The number of rotatable bonds is 3. The summed E-state index contributed by atoms with van der Waals surface area (Å²) in [5.41, 5.74) is 3.05. The van der Waals surface area contributed by atoms with E-state index in [2.05, 4.69) is 4.90 Å². The van der Waals surface area contributed by atoms with Gasteiger partial charge in [-0.3, -0.25) is 4.79 Å². The third-order valence-electron chi connectivity index (χ3n) is 2.98. The molecule has 4 heteroatoms. The van der Waals surface area contributed by atoms with Crippen molar-refractivity contribution in [1.82, 2.24) is 0 Å². The molecule has 0 saturated heterocycles. The van der Waals surface area contributed by atoms with Gasteiger partial charge in [0, 0.05) is 19.3 Å². The Balaban J connectivity index is 2.21. The molecule has 86 valence electrons. The fourth-order valence-corrected chi connectivity index (χ4v) is 2.08. The third-order valence-corrected chi connectivity index (χ3v) is 2.98. The Morgan fingerprint density at radius 2 is 2.31 bits per heavy atom. The normalized spacial score (nSPS) is 16.0. The van der Waals surface area contributed by atoms with Crippen LogP contribution in [0.4, 0.5) is 5.69 Å². The highest BCUT2D eigenvalue weighted by Crippen LogP contribution is 2.29. The third kappa shape index (κ3) is 2.02. The van der Waals surface area contributed by atoms with Crippen LogP contribution >= 0.6 is 0 Å². The molecule has 0 aromatic heterocycles. The van der Waals surface area contributed by atoms with Crippen molar-refractivity contribution in [3.05, 3.63) is 29.3 Å². The second-order valence-electron chi connectivity index (χ2n) is 4.17. The van der Waals surface area contributed by atoms with Crippen LogP contribution in [0.25, 0.3) is 0 Å². The average Bonchev–Trinajstić information content (AvgIpc) is 2.59. The summed E-state index contributed by atoms with van der Waals surface area (Å²) in [6.07, 6.45) is -0.192. The van der Waals surface area contributed by atoms with Crippen molar-refractivity contribution in [2.75, 3.05) is 18.5 Å².